The molecule has 0 aliphatic carbocycles. The zero-order valence-corrected chi connectivity index (χ0v) is 9.55. The number of carbonyl (C=O) groups is 2. The number of carbonyl (C=O) groups excluding carboxylic acids is 2. The molecule has 1 aromatic carbocycles. The molecular formula is C13H14O4. The third-order valence-corrected chi connectivity index (χ3v) is 2.08. The molecule has 0 saturated heterocycles. The van der Waals surface area contributed by atoms with E-state index in [4.69, 9.17) is 4.74 Å². The van der Waals surface area contributed by atoms with Crippen LogP contribution < -0.4 is 0 Å². The SMILES string of the molecule is C=C(C)C(=O)OCC(O)C(=O)c1ccccc1. The second-order valence-electron chi connectivity index (χ2n) is 3.62. The van der Waals surface area contributed by atoms with Crippen LogP contribution in [0, 0.1) is 0 Å². The van der Waals surface area contributed by atoms with Crippen molar-refractivity contribution in [3.05, 3.63) is 48.0 Å². The summed E-state index contributed by atoms with van der Waals surface area (Å²) >= 11 is 0. The van der Waals surface area contributed by atoms with E-state index in [9.17, 15) is 14.7 Å². The molecule has 4 heteroatoms. The summed E-state index contributed by atoms with van der Waals surface area (Å²) in [7, 11) is 0. The van der Waals surface area contributed by atoms with Gasteiger partial charge in [0.1, 0.15) is 6.61 Å². The molecule has 0 radical (unpaired) electrons. The van der Waals surface area contributed by atoms with Crippen molar-refractivity contribution in [2.45, 2.75) is 13.0 Å². The molecule has 0 aliphatic heterocycles. The molecule has 0 spiro atoms. The molecule has 1 atom stereocenters. The molecule has 0 bridgehead atoms. The topological polar surface area (TPSA) is 63.6 Å². The van der Waals surface area contributed by atoms with E-state index >= 15 is 0 Å². The first-order valence-electron chi connectivity index (χ1n) is 5.12. The van der Waals surface area contributed by atoms with Gasteiger partial charge in [-0.3, -0.25) is 4.79 Å². The van der Waals surface area contributed by atoms with Gasteiger partial charge in [0.05, 0.1) is 0 Å². The predicted molar refractivity (Wildman–Crippen MR) is 62.6 cm³/mol. The highest BCUT2D eigenvalue weighted by atomic mass is 16.5. The second kappa shape index (κ2) is 5.96. The molecule has 1 N–H and O–H groups in total. The van der Waals surface area contributed by atoms with Crippen LogP contribution in [-0.4, -0.2) is 29.6 Å². The summed E-state index contributed by atoms with van der Waals surface area (Å²) in [5.41, 5.74) is 0.607. The summed E-state index contributed by atoms with van der Waals surface area (Å²) in [6.07, 6.45) is -1.35. The van der Waals surface area contributed by atoms with Crippen molar-refractivity contribution >= 4 is 11.8 Å². The van der Waals surface area contributed by atoms with Gasteiger partial charge in [-0.1, -0.05) is 36.9 Å². The summed E-state index contributed by atoms with van der Waals surface area (Å²) in [5, 5.41) is 9.55. The van der Waals surface area contributed by atoms with Crippen molar-refractivity contribution in [2.75, 3.05) is 6.61 Å². The molecule has 1 aromatic rings. The first-order chi connectivity index (χ1) is 8.02. The summed E-state index contributed by atoms with van der Waals surface area (Å²) in [6.45, 7) is 4.53. The van der Waals surface area contributed by atoms with E-state index in [0.717, 1.165) is 0 Å². The van der Waals surface area contributed by atoms with E-state index in [0.29, 0.717) is 5.56 Å². The maximum atomic E-state index is 11.7. The van der Waals surface area contributed by atoms with Crippen LogP contribution in [0.25, 0.3) is 0 Å². The molecule has 0 fully saturated rings. The number of aliphatic hydroxyl groups excluding tert-OH is 1. The van der Waals surface area contributed by atoms with Crippen molar-refractivity contribution in [1.82, 2.24) is 0 Å². The number of benzene rings is 1. The highest BCUT2D eigenvalue weighted by molar-refractivity contribution is 5.99. The van der Waals surface area contributed by atoms with Crippen molar-refractivity contribution in [1.29, 1.82) is 0 Å². The largest absolute Gasteiger partial charge is 0.459 e. The number of aliphatic hydroxyl groups is 1. The Morgan fingerprint density at radius 1 is 1.35 bits per heavy atom. The highest BCUT2D eigenvalue weighted by Gasteiger charge is 2.18. The standard InChI is InChI=1S/C13H14O4/c1-9(2)13(16)17-8-11(14)12(15)10-6-4-3-5-7-10/h3-7,11,14H,1,8H2,2H3. The first kappa shape index (κ1) is 13.1. The Kier molecular flexibility index (Phi) is 4.60. The fourth-order valence-corrected chi connectivity index (χ4v) is 1.15. The number of hydrogen-bond donors (Lipinski definition) is 1. The van der Waals surface area contributed by atoms with E-state index in [1.807, 2.05) is 0 Å². The van der Waals surface area contributed by atoms with Crippen LogP contribution >= 0.6 is 0 Å². The number of ketones is 1. The molecule has 0 saturated carbocycles. The van der Waals surface area contributed by atoms with E-state index < -0.39 is 17.9 Å². The van der Waals surface area contributed by atoms with Crippen LogP contribution in [-0.2, 0) is 9.53 Å². The lowest BCUT2D eigenvalue weighted by atomic mass is 10.1. The van der Waals surface area contributed by atoms with Crippen molar-refractivity contribution in [3.63, 3.8) is 0 Å². The fraction of sp³-hybridized carbons (Fsp3) is 0.231. The molecular weight excluding hydrogens is 220 g/mol. The maximum absolute atomic E-state index is 11.7. The normalized spacial score (nSPS) is 11.6. The zero-order valence-electron chi connectivity index (χ0n) is 9.55. The summed E-state index contributed by atoms with van der Waals surface area (Å²) in [5.74, 6) is -1.09. The highest BCUT2D eigenvalue weighted by Crippen LogP contribution is 2.04. The van der Waals surface area contributed by atoms with Crippen LogP contribution in [0.4, 0.5) is 0 Å². The van der Waals surface area contributed by atoms with Crippen molar-refractivity contribution in [2.24, 2.45) is 0 Å². The molecule has 17 heavy (non-hydrogen) atoms. The number of hydrogen-bond acceptors (Lipinski definition) is 4. The zero-order chi connectivity index (χ0) is 12.8. The van der Waals surface area contributed by atoms with Crippen LogP contribution in [0.15, 0.2) is 42.5 Å². The van der Waals surface area contributed by atoms with Gasteiger partial charge in [-0.15, -0.1) is 0 Å². The quantitative estimate of drug-likeness (QED) is 0.474. The first-order valence-corrected chi connectivity index (χ1v) is 5.12. The van der Waals surface area contributed by atoms with E-state index in [1.165, 1.54) is 6.92 Å². The number of esters is 1. The Morgan fingerprint density at radius 2 is 1.94 bits per heavy atom. The van der Waals surface area contributed by atoms with Gasteiger partial charge in [0, 0.05) is 11.1 Å². The number of Topliss-reactive ketones (excluding diaryl/α,β-unsaturated/α-hetero) is 1. The average molecular weight is 234 g/mol. The minimum absolute atomic E-state index is 0.226. The van der Waals surface area contributed by atoms with Crippen molar-refractivity contribution in [3.8, 4) is 0 Å². The molecule has 0 amide bonds. The summed E-state index contributed by atoms with van der Waals surface area (Å²) < 4.78 is 4.70. The van der Waals surface area contributed by atoms with Gasteiger partial charge in [-0.2, -0.15) is 0 Å². The number of rotatable bonds is 5. The van der Waals surface area contributed by atoms with Gasteiger partial charge < -0.3 is 9.84 Å². The maximum Gasteiger partial charge on any atom is 0.333 e. The minimum Gasteiger partial charge on any atom is -0.459 e. The Labute approximate surface area is 99.5 Å². The minimum atomic E-state index is -1.35. The predicted octanol–water partition coefficient (Wildman–Crippen LogP) is 1.35. The molecule has 90 valence electrons. The third-order valence-electron chi connectivity index (χ3n) is 2.08. The van der Waals surface area contributed by atoms with Crippen LogP contribution in [0.3, 0.4) is 0 Å². The van der Waals surface area contributed by atoms with Crippen molar-refractivity contribution < 1.29 is 19.4 Å². The number of ether oxygens (including phenoxy) is 1. The molecule has 1 unspecified atom stereocenters. The van der Waals surface area contributed by atoms with E-state index in [1.54, 1.807) is 30.3 Å². The summed E-state index contributed by atoms with van der Waals surface area (Å²) in [6, 6.07) is 8.34. The lowest BCUT2D eigenvalue weighted by Gasteiger charge is -2.10. The smallest absolute Gasteiger partial charge is 0.333 e. The third kappa shape index (κ3) is 3.85. The van der Waals surface area contributed by atoms with Gasteiger partial charge in [-0.05, 0) is 6.92 Å². The monoisotopic (exact) mass is 234 g/mol. The molecule has 0 aromatic heterocycles. The molecule has 0 heterocycles. The van der Waals surface area contributed by atoms with Gasteiger partial charge in [0.2, 0.25) is 0 Å². The average Bonchev–Trinajstić information content (AvgIpc) is 2.35. The molecule has 1 rings (SSSR count). The molecule has 4 nitrogen and oxygen atoms in total. The van der Waals surface area contributed by atoms with Gasteiger partial charge in [0.15, 0.2) is 11.9 Å². The Morgan fingerprint density at radius 3 is 2.47 bits per heavy atom. The van der Waals surface area contributed by atoms with Crippen LogP contribution in [0.5, 0.6) is 0 Å². The second-order valence-corrected chi connectivity index (χ2v) is 3.62. The lowest BCUT2D eigenvalue weighted by Crippen LogP contribution is -2.27. The van der Waals surface area contributed by atoms with Gasteiger partial charge >= 0.3 is 5.97 Å². The lowest BCUT2D eigenvalue weighted by molar-refractivity contribution is -0.140. The van der Waals surface area contributed by atoms with Crippen LogP contribution in [0.1, 0.15) is 17.3 Å². The summed E-state index contributed by atoms with van der Waals surface area (Å²) in [4.78, 5) is 22.7. The van der Waals surface area contributed by atoms with Gasteiger partial charge in [0.25, 0.3) is 0 Å². The van der Waals surface area contributed by atoms with E-state index in [2.05, 4.69) is 6.58 Å². The fourth-order valence-electron chi connectivity index (χ4n) is 1.15. The van der Waals surface area contributed by atoms with E-state index in [-0.39, 0.29) is 12.2 Å². The van der Waals surface area contributed by atoms with Crippen LogP contribution in [0.2, 0.25) is 0 Å². The Hall–Kier alpha value is -1.94. The van der Waals surface area contributed by atoms with Gasteiger partial charge in [-0.25, -0.2) is 4.79 Å². The Bertz CT molecular complexity index is 422. The molecule has 0 aliphatic rings. The Balaban J connectivity index is 2.54.